The zero-order valence-corrected chi connectivity index (χ0v) is 14.0. The van der Waals surface area contributed by atoms with Gasteiger partial charge in [0.2, 0.25) is 0 Å². The van der Waals surface area contributed by atoms with E-state index in [-0.39, 0.29) is 17.3 Å². The topological polar surface area (TPSA) is 75.0 Å². The minimum atomic E-state index is -0.297. The fourth-order valence-corrected chi connectivity index (χ4v) is 2.81. The van der Waals surface area contributed by atoms with E-state index in [0.717, 1.165) is 10.9 Å². The van der Waals surface area contributed by atoms with Crippen LogP contribution in [0.15, 0.2) is 48.5 Å². The number of hydrogen-bond acceptors (Lipinski definition) is 4. The van der Waals surface area contributed by atoms with Crippen LogP contribution in [-0.2, 0) is 0 Å². The highest BCUT2D eigenvalue weighted by Crippen LogP contribution is 2.34. The molecule has 3 aromatic rings. The summed E-state index contributed by atoms with van der Waals surface area (Å²) in [5, 5.41) is 13.8. The van der Waals surface area contributed by atoms with Crippen molar-refractivity contribution in [3.8, 4) is 22.9 Å². The zero-order chi connectivity index (χ0) is 17.8. The highest BCUT2D eigenvalue weighted by molar-refractivity contribution is 6.10. The summed E-state index contributed by atoms with van der Waals surface area (Å²) < 4.78 is 5.33. The van der Waals surface area contributed by atoms with Crippen LogP contribution in [0.3, 0.4) is 0 Å². The van der Waals surface area contributed by atoms with Gasteiger partial charge in [0, 0.05) is 17.5 Å². The van der Waals surface area contributed by atoms with Crippen molar-refractivity contribution in [2.24, 2.45) is 0 Å². The number of carbonyl (C=O) groups is 1. The second-order valence-corrected chi connectivity index (χ2v) is 5.43. The Balaban J connectivity index is 2.41. The van der Waals surface area contributed by atoms with Crippen molar-refractivity contribution in [1.82, 2.24) is 10.3 Å². The first kappa shape index (κ1) is 16.5. The van der Waals surface area contributed by atoms with E-state index in [9.17, 15) is 10.1 Å². The maximum atomic E-state index is 12.4. The average molecular weight is 331 g/mol. The van der Waals surface area contributed by atoms with Crippen molar-refractivity contribution in [3.63, 3.8) is 0 Å². The van der Waals surface area contributed by atoms with E-state index >= 15 is 0 Å². The normalized spacial score (nSPS) is 10.3. The third-order valence-electron chi connectivity index (χ3n) is 3.93. The number of methoxy groups -OCH3 is 1. The van der Waals surface area contributed by atoms with Crippen LogP contribution < -0.4 is 10.1 Å². The van der Waals surface area contributed by atoms with Gasteiger partial charge in [0.05, 0.1) is 7.11 Å². The van der Waals surface area contributed by atoms with Crippen LogP contribution >= 0.6 is 0 Å². The van der Waals surface area contributed by atoms with Gasteiger partial charge < -0.3 is 10.1 Å². The summed E-state index contributed by atoms with van der Waals surface area (Å²) in [7, 11) is 1.58. The van der Waals surface area contributed by atoms with Crippen LogP contribution in [0.1, 0.15) is 23.1 Å². The predicted molar refractivity (Wildman–Crippen MR) is 96.5 cm³/mol. The standard InChI is InChI=1S/C20H17N3O2/c1-3-22-20(24)19-15-10-9-14(25-2)11-16(15)18(17(12-21)23-19)13-7-5-4-6-8-13/h4-11H,3H2,1-2H3,(H,22,24). The molecule has 0 saturated heterocycles. The highest BCUT2D eigenvalue weighted by atomic mass is 16.5. The van der Waals surface area contributed by atoms with Gasteiger partial charge in [0.25, 0.3) is 5.91 Å². The minimum absolute atomic E-state index is 0.216. The Labute approximate surface area is 145 Å². The molecule has 0 aliphatic heterocycles. The Hall–Kier alpha value is -3.39. The molecule has 25 heavy (non-hydrogen) atoms. The molecule has 3 rings (SSSR count). The maximum Gasteiger partial charge on any atom is 0.270 e. The first-order chi connectivity index (χ1) is 12.2. The van der Waals surface area contributed by atoms with Gasteiger partial charge in [-0.3, -0.25) is 4.79 Å². The molecule has 0 bridgehead atoms. The van der Waals surface area contributed by atoms with E-state index in [4.69, 9.17) is 4.74 Å². The maximum absolute atomic E-state index is 12.4. The second kappa shape index (κ2) is 7.02. The van der Waals surface area contributed by atoms with E-state index in [1.807, 2.05) is 43.3 Å². The van der Waals surface area contributed by atoms with Crippen LogP contribution in [0.4, 0.5) is 0 Å². The number of benzene rings is 2. The number of nitrogens with one attached hydrogen (secondary N) is 1. The number of ether oxygens (including phenoxy) is 1. The first-order valence-electron chi connectivity index (χ1n) is 7.95. The lowest BCUT2D eigenvalue weighted by atomic mass is 9.95. The van der Waals surface area contributed by atoms with E-state index in [2.05, 4.69) is 16.4 Å². The molecule has 0 saturated carbocycles. The van der Waals surface area contributed by atoms with E-state index in [0.29, 0.717) is 23.2 Å². The molecular weight excluding hydrogens is 314 g/mol. The van der Waals surface area contributed by atoms with E-state index in [1.165, 1.54) is 0 Å². The number of pyridine rings is 1. The van der Waals surface area contributed by atoms with Crippen LogP contribution in [0.2, 0.25) is 0 Å². The van der Waals surface area contributed by atoms with Crippen molar-refractivity contribution in [1.29, 1.82) is 5.26 Å². The molecule has 2 aromatic carbocycles. The Morgan fingerprint density at radius 1 is 1.20 bits per heavy atom. The van der Waals surface area contributed by atoms with Crippen LogP contribution in [-0.4, -0.2) is 24.5 Å². The van der Waals surface area contributed by atoms with Gasteiger partial charge in [0.15, 0.2) is 0 Å². The molecule has 1 heterocycles. The summed E-state index contributed by atoms with van der Waals surface area (Å²) in [5.74, 6) is 0.357. The Morgan fingerprint density at radius 2 is 1.96 bits per heavy atom. The number of nitriles is 1. The number of carbonyl (C=O) groups excluding carboxylic acids is 1. The van der Waals surface area contributed by atoms with Crippen molar-refractivity contribution < 1.29 is 9.53 Å². The number of nitrogens with zero attached hydrogens (tertiary/aromatic N) is 2. The molecule has 0 aliphatic rings. The summed E-state index contributed by atoms with van der Waals surface area (Å²) in [4.78, 5) is 16.8. The second-order valence-electron chi connectivity index (χ2n) is 5.43. The van der Waals surface area contributed by atoms with Crippen molar-refractivity contribution in [3.05, 3.63) is 59.9 Å². The van der Waals surface area contributed by atoms with Gasteiger partial charge in [0.1, 0.15) is 23.2 Å². The average Bonchev–Trinajstić information content (AvgIpc) is 2.66. The van der Waals surface area contributed by atoms with Gasteiger partial charge in [-0.15, -0.1) is 0 Å². The molecular formula is C20H17N3O2. The quantitative estimate of drug-likeness (QED) is 0.793. The van der Waals surface area contributed by atoms with Crippen LogP contribution in [0, 0.1) is 11.3 Å². The lowest BCUT2D eigenvalue weighted by molar-refractivity contribution is 0.0952. The molecule has 124 valence electrons. The Morgan fingerprint density at radius 3 is 2.60 bits per heavy atom. The fourth-order valence-electron chi connectivity index (χ4n) is 2.81. The summed E-state index contributed by atoms with van der Waals surface area (Å²) in [6, 6.07) is 17.1. The molecule has 5 nitrogen and oxygen atoms in total. The molecule has 5 heteroatoms. The smallest absolute Gasteiger partial charge is 0.270 e. The van der Waals surface area contributed by atoms with Gasteiger partial charge in [-0.25, -0.2) is 4.98 Å². The molecule has 1 aromatic heterocycles. The summed E-state index contributed by atoms with van der Waals surface area (Å²) in [5.41, 5.74) is 2.03. The van der Waals surface area contributed by atoms with Crippen LogP contribution in [0.25, 0.3) is 21.9 Å². The molecule has 1 amide bonds. The third kappa shape index (κ3) is 3.02. The summed E-state index contributed by atoms with van der Waals surface area (Å²) in [6.45, 7) is 2.33. The SMILES string of the molecule is CCNC(=O)c1nc(C#N)c(-c2ccccc2)c2cc(OC)ccc12. The summed E-state index contributed by atoms with van der Waals surface area (Å²) >= 11 is 0. The number of amides is 1. The van der Waals surface area contributed by atoms with E-state index < -0.39 is 0 Å². The summed E-state index contributed by atoms with van der Waals surface area (Å²) in [6.07, 6.45) is 0. The molecule has 0 radical (unpaired) electrons. The van der Waals surface area contributed by atoms with Gasteiger partial charge in [-0.05, 0) is 36.1 Å². The lowest BCUT2D eigenvalue weighted by Crippen LogP contribution is -2.24. The fraction of sp³-hybridized carbons (Fsp3) is 0.150. The molecule has 1 N–H and O–H groups in total. The van der Waals surface area contributed by atoms with Crippen molar-refractivity contribution in [2.45, 2.75) is 6.92 Å². The largest absolute Gasteiger partial charge is 0.497 e. The number of hydrogen-bond donors (Lipinski definition) is 1. The molecule has 0 aliphatic carbocycles. The van der Waals surface area contributed by atoms with E-state index in [1.54, 1.807) is 19.2 Å². The van der Waals surface area contributed by atoms with Crippen LogP contribution in [0.5, 0.6) is 5.75 Å². The molecule has 0 spiro atoms. The van der Waals surface area contributed by atoms with Crippen molar-refractivity contribution in [2.75, 3.05) is 13.7 Å². The first-order valence-corrected chi connectivity index (χ1v) is 7.95. The number of aromatic nitrogens is 1. The minimum Gasteiger partial charge on any atom is -0.497 e. The molecule has 0 fully saturated rings. The van der Waals surface area contributed by atoms with Gasteiger partial charge in [-0.2, -0.15) is 5.26 Å². The number of fused-ring (bicyclic) bond motifs is 1. The Bertz CT molecular complexity index is 976. The third-order valence-corrected chi connectivity index (χ3v) is 3.93. The highest BCUT2D eigenvalue weighted by Gasteiger charge is 2.19. The van der Waals surface area contributed by atoms with Gasteiger partial charge >= 0.3 is 0 Å². The monoisotopic (exact) mass is 331 g/mol. The zero-order valence-electron chi connectivity index (χ0n) is 14.0. The predicted octanol–water partition coefficient (Wildman–Crippen LogP) is 3.53. The molecule has 0 atom stereocenters. The number of rotatable bonds is 4. The van der Waals surface area contributed by atoms with Crippen molar-refractivity contribution >= 4 is 16.7 Å². The lowest BCUT2D eigenvalue weighted by Gasteiger charge is -2.13. The molecule has 0 unspecified atom stereocenters. The van der Waals surface area contributed by atoms with Gasteiger partial charge in [-0.1, -0.05) is 30.3 Å². The Kier molecular flexibility index (Phi) is 4.62.